The third-order valence-corrected chi connectivity index (χ3v) is 3.83. The Morgan fingerprint density at radius 2 is 2.25 bits per heavy atom. The van der Waals surface area contributed by atoms with E-state index in [2.05, 4.69) is 24.1 Å². The average molecular weight is 283 g/mol. The zero-order chi connectivity index (χ0) is 14.5. The number of rotatable bonds is 5. The van der Waals surface area contributed by atoms with E-state index in [-0.39, 0.29) is 24.3 Å². The summed E-state index contributed by atoms with van der Waals surface area (Å²) in [4.78, 5) is 31.6. The van der Waals surface area contributed by atoms with Gasteiger partial charge in [-0.25, -0.2) is 5.06 Å². The summed E-state index contributed by atoms with van der Waals surface area (Å²) in [7, 11) is 0. The van der Waals surface area contributed by atoms with Crippen LogP contribution in [0.1, 0.15) is 33.1 Å². The van der Waals surface area contributed by atoms with Gasteiger partial charge in [-0.2, -0.15) is 0 Å². The summed E-state index contributed by atoms with van der Waals surface area (Å²) in [6.07, 6.45) is 2.13. The molecule has 1 atom stereocenters. The van der Waals surface area contributed by atoms with Crippen molar-refractivity contribution in [3.63, 3.8) is 0 Å². The third kappa shape index (κ3) is 3.93. The average Bonchev–Trinajstić information content (AvgIpc) is 2.93. The molecule has 0 aliphatic carbocycles. The molecule has 0 aromatic heterocycles. The number of carbonyl (C=O) groups is 2. The number of carbonyl (C=O) groups excluding carboxylic acids is 2. The normalized spacial score (nSPS) is 24.2. The van der Waals surface area contributed by atoms with Crippen molar-refractivity contribution in [1.82, 2.24) is 15.3 Å². The SMILES string of the molecule is CC(C)CCN1CCNC(=O)[C@@H]1CC(=O)N1CCCO1. The summed E-state index contributed by atoms with van der Waals surface area (Å²) in [5, 5.41) is 4.26. The van der Waals surface area contributed by atoms with E-state index < -0.39 is 0 Å². The van der Waals surface area contributed by atoms with Crippen LogP contribution >= 0.6 is 0 Å². The van der Waals surface area contributed by atoms with Crippen molar-refractivity contribution in [2.45, 2.75) is 39.2 Å². The van der Waals surface area contributed by atoms with Gasteiger partial charge in [-0.15, -0.1) is 0 Å². The van der Waals surface area contributed by atoms with Crippen molar-refractivity contribution >= 4 is 11.8 Å². The van der Waals surface area contributed by atoms with Gasteiger partial charge in [0.15, 0.2) is 0 Å². The van der Waals surface area contributed by atoms with Crippen LogP contribution in [0.5, 0.6) is 0 Å². The minimum absolute atomic E-state index is 0.0347. The molecule has 20 heavy (non-hydrogen) atoms. The van der Waals surface area contributed by atoms with Crippen LogP contribution in [0, 0.1) is 5.92 Å². The molecule has 2 amide bonds. The molecule has 6 nitrogen and oxygen atoms in total. The minimum atomic E-state index is -0.348. The molecule has 0 saturated carbocycles. The lowest BCUT2D eigenvalue weighted by Gasteiger charge is -2.35. The van der Waals surface area contributed by atoms with E-state index in [0.717, 1.165) is 25.9 Å². The number of nitrogens with one attached hydrogen (secondary N) is 1. The van der Waals surface area contributed by atoms with Crippen molar-refractivity contribution in [2.75, 3.05) is 32.8 Å². The van der Waals surface area contributed by atoms with Gasteiger partial charge in [0.1, 0.15) is 0 Å². The van der Waals surface area contributed by atoms with Gasteiger partial charge < -0.3 is 5.32 Å². The maximum atomic E-state index is 12.1. The molecule has 0 unspecified atom stereocenters. The fourth-order valence-corrected chi connectivity index (χ4v) is 2.59. The van der Waals surface area contributed by atoms with Crippen molar-refractivity contribution in [2.24, 2.45) is 5.92 Å². The second-order valence-corrected chi connectivity index (χ2v) is 5.91. The number of hydroxylamine groups is 2. The smallest absolute Gasteiger partial charge is 0.248 e. The van der Waals surface area contributed by atoms with Gasteiger partial charge in [0, 0.05) is 13.1 Å². The van der Waals surface area contributed by atoms with E-state index in [4.69, 9.17) is 4.84 Å². The molecule has 0 aromatic carbocycles. The van der Waals surface area contributed by atoms with Crippen LogP contribution in [0.4, 0.5) is 0 Å². The molecule has 2 aliphatic rings. The molecule has 0 radical (unpaired) electrons. The first-order chi connectivity index (χ1) is 9.58. The van der Waals surface area contributed by atoms with E-state index in [0.29, 0.717) is 25.6 Å². The number of hydrogen-bond donors (Lipinski definition) is 1. The quantitative estimate of drug-likeness (QED) is 0.793. The van der Waals surface area contributed by atoms with Crippen LogP contribution in [0.15, 0.2) is 0 Å². The maximum Gasteiger partial charge on any atom is 0.248 e. The zero-order valence-corrected chi connectivity index (χ0v) is 12.4. The Morgan fingerprint density at radius 3 is 2.90 bits per heavy atom. The topological polar surface area (TPSA) is 61.9 Å². The largest absolute Gasteiger partial charge is 0.353 e. The van der Waals surface area contributed by atoms with Crippen LogP contribution in [-0.4, -0.2) is 60.6 Å². The lowest BCUT2D eigenvalue weighted by molar-refractivity contribution is -0.171. The lowest BCUT2D eigenvalue weighted by Crippen LogP contribution is -2.56. The highest BCUT2D eigenvalue weighted by molar-refractivity contribution is 5.88. The number of piperazine rings is 1. The van der Waals surface area contributed by atoms with Crippen molar-refractivity contribution in [3.05, 3.63) is 0 Å². The van der Waals surface area contributed by atoms with Crippen LogP contribution in [-0.2, 0) is 14.4 Å². The van der Waals surface area contributed by atoms with Gasteiger partial charge in [0.25, 0.3) is 0 Å². The molecule has 6 heteroatoms. The predicted octanol–water partition coefficient (Wildman–Crippen LogP) is 0.387. The molecule has 0 bridgehead atoms. The summed E-state index contributed by atoms with van der Waals surface area (Å²) < 4.78 is 0. The summed E-state index contributed by atoms with van der Waals surface area (Å²) in [5.74, 6) is 0.477. The molecule has 0 aromatic rings. The molecule has 2 fully saturated rings. The van der Waals surface area contributed by atoms with E-state index in [1.807, 2.05) is 0 Å². The number of hydrogen-bond acceptors (Lipinski definition) is 4. The summed E-state index contributed by atoms with van der Waals surface area (Å²) in [5.41, 5.74) is 0. The summed E-state index contributed by atoms with van der Waals surface area (Å²) in [6, 6.07) is -0.348. The molecule has 2 aliphatic heterocycles. The van der Waals surface area contributed by atoms with E-state index >= 15 is 0 Å². The molecule has 0 spiro atoms. The Bertz CT molecular complexity index is 354. The van der Waals surface area contributed by atoms with Gasteiger partial charge in [-0.05, 0) is 25.3 Å². The molecule has 2 heterocycles. The second-order valence-electron chi connectivity index (χ2n) is 5.91. The second kappa shape index (κ2) is 7.04. The summed E-state index contributed by atoms with van der Waals surface area (Å²) >= 11 is 0. The third-order valence-electron chi connectivity index (χ3n) is 3.83. The van der Waals surface area contributed by atoms with E-state index in [9.17, 15) is 9.59 Å². The van der Waals surface area contributed by atoms with E-state index in [1.54, 1.807) is 0 Å². The molecule has 1 N–H and O–H groups in total. The highest BCUT2D eigenvalue weighted by atomic mass is 16.7. The Balaban J connectivity index is 1.92. The first-order valence-corrected chi connectivity index (χ1v) is 7.53. The van der Waals surface area contributed by atoms with Gasteiger partial charge in [0.2, 0.25) is 11.8 Å². The Morgan fingerprint density at radius 1 is 1.45 bits per heavy atom. The molecule has 114 valence electrons. The maximum absolute atomic E-state index is 12.1. The van der Waals surface area contributed by atoms with Gasteiger partial charge in [-0.3, -0.25) is 19.3 Å². The standard InChI is InChI=1S/C14H25N3O3/c1-11(2)4-7-16-8-5-15-14(19)12(16)10-13(18)17-6-3-9-20-17/h11-12H,3-10H2,1-2H3,(H,15,19)/t12-/m0/s1. The highest BCUT2D eigenvalue weighted by Crippen LogP contribution is 2.15. The molecular formula is C14H25N3O3. The van der Waals surface area contributed by atoms with Gasteiger partial charge in [-0.1, -0.05) is 13.8 Å². The van der Waals surface area contributed by atoms with Crippen LogP contribution in [0.25, 0.3) is 0 Å². The monoisotopic (exact) mass is 283 g/mol. The van der Waals surface area contributed by atoms with Gasteiger partial charge in [0.05, 0.1) is 25.6 Å². The predicted molar refractivity (Wildman–Crippen MR) is 74.7 cm³/mol. The fourth-order valence-electron chi connectivity index (χ4n) is 2.59. The Kier molecular flexibility index (Phi) is 5.37. The molecule has 2 saturated heterocycles. The zero-order valence-electron chi connectivity index (χ0n) is 12.4. The first kappa shape index (κ1) is 15.3. The van der Waals surface area contributed by atoms with E-state index in [1.165, 1.54) is 5.06 Å². The highest BCUT2D eigenvalue weighted by Gasteiger charge is 2.33. The van der Waals surface area contributed by atoms with Crippen LogP contribution in [0.2, 0.25) is 0 Å². The molecule has 2 rings (SSSR count). The fraction of sp³-hybridized carbons (Fsp3) is 0.857. The number of nitrogens with zero attached hydrogens (tertiary/aromatic N) is 2. The first-order valence-electron chi connectivity index (χ1n) is 7.53. The van der Waals surface area contributed by atoms with Crippen molar-refractivity contribution < 1.29 is 14.4 Å². The van der Waals surface area contributed by atoms with Gasteiger partial charge >= 0.3 is 0 Å². The van der Waals surface area contributed by atoms with Crippen LogP contribution < -0.4 is 5.32 Å². The van der Waals surface area contributed by atoms with Crippen LogP contribution in [0.3, 0.4) is 0 Å². The minimum Gasteiger partial charge on any atom is -0.353 e. The van der Waals surface area contributed by atoms with Crippen molar-refractivity contribution in [1.29, 1.82) is 0 Å². The lowest BCUT2D eigenvalue weighted by atomic mass is 10.1. The molecular weight excluding hydrogens is 258 g/mol. The Hall–Kier alpha value is -1.14. The Labute approximate surface area is 120 Å². The number of amides is 2. The van der Waals surface area contributed by atoms with Crippen molar-refractivity contribution in [3.8, 4) is 0 Å². The summed E-state index contributed by atoms with van der Waals surface area (Å²) in [6.45, 7) is 7.92.